The topological polar surface area (TPSA) is 75.3 Å². The summed E-state index contributed by atoms with van der Waals surface area (Å²) in [6, 6.07) is 4.66. The van der Waals surface area contributed by atoms with Gasteiger partial charge in [0.1, 0.15) is 5.75 Å². The van der Waals surface area contributed by atoms with Crippen molar-refractivity contribution in [2.45, 2.75) is 13.5 Å². The number of benzene rings is 1. The Kier molecular flexibility index (Phi) is 3.88. The third kappa shape index (κ3) is 3.11. The summed E-state index contributed by atoms with van der Waals surface area (Å²) in [6.07, 6.45) is 3.07. The van der Waals surface area contributed by atoms with Gasteiger partial charge in [0.25, 0.3) is 0 Å². The molecule has 1 aromatic rings. The van der Waals surface area contributed by atoms with Crippen LogP contribution in [0.5, 0.6) is 5.75 Å². The van der Waals surface area contributed by atoms with Crippen LogP contribution in [0.2, 0.25) is 0 Å². The van der Waals surface area contributed by atoms with Crippen LogP contribution >= 0.6 is 0 Å². The predicted octanol–water partition coefficient (Wildman–Crippen LogP) is 1.37. The van der Waals surface area contributed by atoms with Gasteiger partial charge in [0, 0.05) is 12.2 Å². The minimum atomic E-state index is -0.210. The third-order valence-electron chi connectivity index (χ3n) is 1.88. The van der Waals surface area contributed by atoms with Gasteiger partial charge < -0.3 is 16.2 Å². The molecule has 0 aliphatic heterocycles. The molecule has 0 saturated heterocycles. The quantitative estimate of drug-likeness (QED) is 0.516. The number of aromatic hydroxyl groups is 1. The summed E-state index contributed by atoms with van der Waals surface area (Å²) >= 11 is 0. The molecule has 0 atom stereocenters. The molecule has 4 N–H and O–H groups in total. The Morgan fingerprint density at radius 1 is 1.60 bits per heavy atom. The molecule has 0 unspecified atom stereocenters. The fourth-order valence-electron chi connectivity index (χ4n) is 1.20. The summed E-state index contributed by atoms with van der Waals surface area (Å²) in [5, 5.41) is 11.9. The molecular weight excluding hydrogens is 192 g/mol. The number of hydrogen-bond acceptors (Lipinski definition) is 3. The van der Waals surface area contributed by atoms with Crippen molar-refractivity contribution in [3.05, 3.63) is 35.9 Å². The highest BCUT2D eigenvalue weighted by molar-refractivity contribution is 5.99. The Hall–Kier alpha value is -1.81. The van der Waals surface area contributed by atoms with Crippen molar-refractivity contribution in [1.29, 1.82) is 0 Å². The largest absolute Gasteiger partial charge is 0.508 e. The van der Waals surface area contributed by atoms with Gasteiger partial charge in [-0.25, -0.2) is 0 Å². The van der Waals surface area contributed by atoms with Crippen molar-refractivity contribution in [3.63, 3.8) is 0 Å². The van der Waals surface area contributed by atoms with Gasteiger partial charge in [-0.2, -0.15) is 0 Å². The van der Waals surface area contributed by atoms with E-state index in [1.807, 2.05) is 0 Å². The molecule has 4 nitrogen and oxygen atoms in total. The van der Waals surface area contributed by atoms with Gasteiger partial charge in [-0.05, 0) is 36.8 Å². The molecule has 0 aromatic heterocycles. The first-order chi connectivity index (χ1) is 7.17. The molecule has 1 amide bonds. The number of rotatable bonds is 3. The fourth-order valence-corrected chi connectivity index (χ4v) is 1.20. The number of allylic oxidation sites excluding steroid dienone is 1. The minimum Gasteiger partial charge on any atom is -0.508 e. The van der Waals surface area contributed by atoms with Crippen LogP contribution in [-0.2, 0) is 11.3 Å². The second kappa shape index (κ2) is 5.17. The van der Waals surface area contributed by atoms with E-state index >= 15 is 0 Å². The molecule has 0 fully saturated rings. The number of anilines is 1. The summed E-state index contributed by atoms with van der Waals surface area (Å²) in [7, 11) is 0. The zero-order valence-corrected chi connectivity index (χ0v) is 8.53. The summed E-state index contributed by atoms with van der Waals surface area (Å²) in [4.78, 5) is 11.3. The van der Waals surface area contributed by atoms with E-state index in [-0.39, 0.29) is 18.2 Å². The molecule has 0 saturated carbocycles. The van der Waals surface area contributed by atoms with Crippen molar-refractivity contribution < 1.29 is 9.90 Å². The summed E-state index contributed by atoms with van der Waals surface area (Å²) in [5.74, 6) is -0.0719. The maximum absolute atomic E-state index is 11.3. The number of nitrogens with one attached hydrogen (secondary N) is 1. The monoisotopic (exact) mass is 206 g/mol. The van der Waals surface area contributed by atoms with E-state index in [9.17, 15) is 9.90 Å². The van der Waals surface area contributed by atoms with E-state index in [0.29, 0.717) is 11.3 Å². The lowest BCUT2D eigenvalue weighted by Crippen LogP contribution is -2.11. The second-order valence-corrected chi connectivity index (χ2v) is 3.03. The number of phenolic OH excluding ortho intramolecular Hbond substituents is 1. The Balaban J connectivity index is 2.89. The van der Waals surface area contributed by atoms with Crippen molar-refractivity contribution in [3.8, 4) is 5.75 Å². The zero-order chi connectivity index (χ0) is 11.3. The normalized spacial score (nSPS) is 10.5. The van der Waals surface area contributed by atoms with Crippen molar-refractivity contribution in [2.24, 2.45) is 5.73 Å². The van der Waals surface area contributed by atoms with Crippen molar-refractivity contribution in [2.75, 3.05) is 5.32 Å². The number of phenols is 1. The van der Waals surface area contributed by atoms with E-state index < -0.39 is 0 Å². The lowest BCUT2D eigenvalue weighted by Gasteiger charge is -2.08. The maximum Gasteiger partial charge on any atom is 0.248 e. The van der Waals surface area contributed by atoms with Crippen LogP contribution in [0.4, 0.5) is 5.69 Å². The minimum absolute atomic E-state index is 0.138. The maximum atomic E-state index is 11.3. The van der Waals surface area contributed by atoms with Crippen LogP contribution in [-0.4, -0.2) is 11.0 Å². The van der Waals surface area contributed by atoms with E-state index in [2.05, 4.69) is 5.32 Å². The standard InChI is InChI=1S/C11H14N2O2/c1-2-3-11(15)13-10-5-4-9(14)6-8(10)7-12/h2-6,14H,7,12H2,1H3,(H,13,15)/b3-2+. The molecular formula is C11H14N2O2. The van der Waals surface area contributed by atoms with E-state index in [4.69, 9.17) is 5.73 Å². The van der Waals surface area contributed by atoms with Gasteiger partial charge in [-0.1, -0.05) is 6.08 Å². The highest BCUT2D eigenvalue weighted by Gasteiger charge is 2.04. The Morgan fingerprint density at radius 2 is 2.33 bits per heavy atom. The van der Waals surface area contributed by atoms with E-state index in [1.165, 1.54) is 18.2 Å². The highest BCUT2D eigenvalue weighted by Crippen LogP contribution is 2.20. The van der Waals surface area contributed by atoms with Gasteiger partial charge in [0.15, 0.2) is 0 Å². The predicted molar refractivity (Wildman–Crippen MR) is 59.4 cm³/mol. The zero-order valence-electron chi connectivity index (χ0n) is 8.53. The Bertz CT molecular complexity index is 386. The Morgan fingerprint density at radius 3 is 2.93 bits per heavy atom. The van der Waals surface area contributed by atoms with E-state index in [1.54, 1.807) is 19.1 Å². The molecule has 80 valence electrons. The van der Waals surface area contributed by atoms with Crippen LogP contribution in [0.1, 0.15) is 12.5 Å². The van der Waals surface area contributed by atoms with Gasteiger partial charge in [0.2, 0.25) is 5.91 Å². The number of nitrogens with two attached hydrogens (primary N) is 1. The van der Waals surface area contributed by atoms with Gasteiger partial charge in [0.05, 0.1) is 0 Å². The van der Waals surface area contributed by atoms with Crippen LogP contribution in [0.3, 0.4) is 0 Å². The van der Waals surface area contributed by atoms with Gasteiger partial charge in [-0.3, -0.25) is 4.79 Å². The molecule has 0 heterocycles. The molecule has 0 bridgehead atoms. The second-order valence-electron chi connectivity index (χ2n) is 3.03. The van der Waals surface area contributed by atoms with E-state index in [0.717, 1.165) is 0 Å². The molecule has 0 spiro atoms. The lowest BCUT2D eigenvalue weighted by molar-refractivity contribution is -0.111. The molecule has 0 aliphatic carbocycles. The molecule has 1 aromatic carbocycles. The SMILES string of the molecule is C/C=C/C(=O)Nc1ccc(O)cc1CN. The molecule has 15 heavy (non-hydrogen) atoms. The van der Waals surface area contributed by atoms with Gasteiger partial charge >= 0.3 is 0 Å². The van der Waals surface area contributed by atoms with Crippen molar-refractivity contribution in [1.82, 2.24) is 0 Å². The Labute approximate surface area is 88.4 Å². The summed E-state index contributed by atoms with van der Waals surface area (Å²) in [6.45, 7) is 2.03. The first-order valence-electron chi connectivity index (χ1n) is 4.63. The molecule has 1 rings (SSSR count). The third-order valence-corrected chi connectivity index (χ3v) is 1.88. The summed E-state index contributed by atoms with van der Waals surface area (Å²) in [5.41, 5.74) is 6.81. The molecule has 0 radical (unpaired) electrons. The summed E-state index contributed by atoms with van der Waals surface area (Å²) < 4.78 is 0. The first kappa shape index (κ1) is 11.3. The number of hydrogen-bond donors (Lipinski definition) is 3. The first-order valence-corrected chi connectivity index (χ1v) is 4.63. The highest BCUT2D eigenvalue weighted by atomic mass is 16.3. The smallest absolute Gasteiger partial charge is 0.248 e. The number of carbonyl (C=O) groups excluding carboxylic acids is 1. The van der Waals surface area contributed by atoms with Crippen LogP contribution in [0.15, 0.2) is 30.4 Å². The average Bonchev–Trinajstić information content (AvgIpc) is 2.21. The number of amides is 1. The van der Waals surface area contributed by atoms with Crippen LogP contribution in [0, 0.1) is 0 Å². The average molecular weight is 206 g/mol. The van der Waals surface area contributed by atoms with Gasteiger partial charge in [-0.15, -0.1) is 0 Å². The van der Waals surface area contributed by atoms with Crippen molar-refractivity contribution >= 4 is 11.6 Å². The molecule has 4 heteroatoms. The lowest BCUT2D eigenvalue weighted by atomic mass is 10.1. The molecule has 0 aliphatic rings. The fraction of sp³-hybridized carbons (Fsp3) is 0.182. The van der Waals surface area contributed by atoms with Crippen LogP contribution < -0.4 is 11.1 Å². The number of carbonyl (C=O) groups is 1. The van der Waals surface area contributed by atoms with Crippen LogP contribution in [0.25, 0.3) is 0 Å².